The van der Waals surface area contributed by atoms with Crippen LogP contribution in [0.2, 0.25) is 0 Å². The molecule has 8 heteroatoms. The lowest BCUT2D eigenvalue weighted by atomic mass is 10.2. The van der Waals surface area contributed by atoms with Crippen LogP contribution in [0.15, 0.2) is 35.4 Å². The molecule has 0 aliphatic rings. The number of aryl methyl sites for hydroxylation is 1. The minimum absolute atomic E-state index is 0.0260. The molecule has 0 unspecified atom stereocenters. The van der Waals surface area contributed by atoms with Crippen molar-refractivity contribution in [2.24, 2.45) is 12.8 Å². The minimum Gasteiger partial charge on any atom is -0.326 e. The lowest BCUT2D eigenvalue weighted by Gasteiger charge is -2.10. The minimum atomic E-state index is -3.79. The van der Waals surface area contributed by atoms with Gasteiger partial charge < -0.3 is 5.73 Å². The van der Waals surface area contributed by atoms with Gasteiger partial charge in [-0.2, -0.15) is 5.10 Å². The van der Waals surface area contributed by atoms with Crippen LogP contribution in [0.1, 0.15) is 11.3 Å². The van der Waals surface area contributed by atoms with E-state index in [1.807, 2.05) is 6.07 Å². The standard InChI is InChI=1S/C13H17FN4O2S/c1-18-12(4-6-16-18)5-7-17-21(19,20)13-8-11(14)3-2-10(13)9-15/h2-4,6,8,17H,5,7,9,15H2,1H3. The monoisotopic (exact) mass is 312 g/mol. The third-order valence-electron chi connectivity index (χ3n) is 3.13. The van der Waals surface area contributed by atoms with Gasteiger partial charge in [-0.25, -0.2) is 17.5 Å². The van der Waals surface area contributed by atoms with E-state index in [4.69, 9.17) is 5.73 Å². The van der Waals surface area contributed by atoms with Gasteiger partial charge in [0.25, 0.3) is 0 Å². The topological polar surface area (TPSA) is 90.0 Å². The highest BCUT2D eigenvalue weighted by Crippen LogP contribution is 2.16. The lowest BCUT2D eigenvalue weighted by molar-refractivity contribution is 0.574. The number of hydrogen-bond donors (Lipinski definition) is 2. The maximum Gasteiger partial charge on any atom is 0.241 e. The predicted molar refractivity (Wildman–Crippen MR) is 76.4 cm³/mol. The Morgan fingerprint density at radius 1 is 1.38 bits per heavy atom. The van der Waals surface area contributed by atoms with Crippen LogP contribution in [0.5, 0.6) is 0 Å². The van der Waals surface area contributed by atoms with Gasteiger partial charge in [0.15, 0.2) is 0 Å². The Hall–Kier alpha value is -1.77. The largest absolute Gasteiger partial charge is 0.326 e. The average molecular weight is 312 g/mol. The van der Waals surface area contributed by atoms with Crippen molar-refractivity contribution in [1.29, 1.82) is 0 Å². The normalized spacial score (nSPS) is 11.8. The number of rotatable bonds is 6. The molecule has 0 bridgehead atoms. The maximum absolute atomic E-state index is 13.3. The van der Waals surface area contributed by atoms with Gasteiger partial charge in [-0.05, 0) is 23.8 Å². The molecule has 0 fully saturated rings. The second-order valence-electron chi connectivity index (χ2n) is 4.55. The van der Waals surface area contributed by atoms with Crippen LogP contribution in [0, 0.1) is 5.82 Å². The first-order valence-corrected chi connectivity index (χ1v) is 7.87. The molecule has 6 nitrogen and oxygen atoms in total. The van der Waals surface area contributed by atoms with E-state index in [0.717, 1.165) is 11.8 Å². The van der Waals surface area contributed by atoms with Crippen LogP contribution in [-0.4, -0.2) is 24.7 Å². The van der Waals surface area contributed by atoms with Crippen LogP contribution < -0.4 is 10.5 Å². The Balaban J connectivity index is 2.12. The van der Waals surface area contributed by atoms with Gasteiger partial charge in [0.05, 0.1) is 4.90 Å². The van der Waals surface area contributed by atoms with Gasteiger partial charge in [-0.15, -0.1) is 0 Å². The fourth-order valence-corrected chi connectivity index (χ4v) is 3.28. The highest BCUT2D eigenvalue weighted by molar-refractivity contribution is 7.89. The molecule has 0 spiro atoms. The van der Waals surface area contributed by atoms with Crippen LogP contribution in [0.25, 0.3) is 0 Å². The SMILES string of the molecule is Cn1nccc1CCNS(=O)(=O)c1cc(F)ccc1CN. The molecular formula is C13H17FN4O2S. The van der Waals surface area contributed by atoms with Crippen molar-refractivity contribution in [3.63, 3.8) is 0 Å². The highest BCUT2D eigenvalue weighted by Gasteiger charge is 2.18. The van der Waals surface area contributed by atoms with E-state index in [0.29, 0.717) is 12.0 Å². The first-order valence-electron chi connectivity index (χ1n) is 6.39. The fourth-order valence-electron chi connectivity index (χ4n) is 1.98. The van der Waals surface area contributed by atoms with Crippen molar-refractivity contribution in [3.05, 3.63) is 47.5 Å². The molecule has 0 amide bonds. The second kappa shape index (κ2) is 6.33. The summed E-state index contributed by atoms with van der Waals surface area (Å²) < 4.78 is 41.8. The smallest absolute Gasteiger partial charge is 0.241 e. The molecule has 0 saturated heterocycles. The molecule has 0 aliphatic heterocycles. The summed E-state index contributed by atoms with van der Waals surface area (Å²) in [5, 5.41) is 4.00. The van der Waals surface area contributed by atoms with E-state index < -0.39 is 15.8 Å². The molecule has 1 aromatic carbocycles. The molecular weight excluding hydrogens is 295 g/mol. The molecule has 114 valence electrons. The number of aromatic nitrogens is 2. The van der Waals surface area contributed by atoms with Gasteiger partial charge >= 0.3 is 0 Å². The first kappa shape index (κ1) is 15.6. The molecule has 1 heterocycles. The van der Waals surface area contributed by atoms with Gasteiger partial charge in [-0.1, -0.05) is 6.07 Å². The third-order valence-corrected chi connectivity index (χ3v) is 4.68. The van der Waals surface area contributed by atoms with Crippen molar-refractivity contribution in [1.82, 2.24) is 14.5 Å². The van der Waals surface area contributed by atoms with Gasteiger partial charge in [0.1, 0.15) is 5.82 Å². The van der Waals surface area contributed by atoms with E-state index >= 15 is 0 Å². The summed E-state index contributed by atoms with van der Waals surface area (Å²) in [6.07, 6.45) is 2.13. The van der Waals surface area contributed by atoms with Crippen LogP contribution >= 0.6 is 0 Å². The lowest BCUT2D eigenvalue weighted by Crippen LogP contribution is -2.28. The van der Waals surface area contributed by atoms with Crippen molar-refractivity contribution in [2.75, 3.05) is 6.54 Å². The molecule has 1 aromatic heterocycles. The molecule has 21 heavy (non-hydrogen) atoms. The molecule has 0 atom stereocenters. The van der Waals surface area contributed by atoms with Crippen LogP contribution in [0.4, 0.5) is 4.39 Å². The van der Waals surface area contributed by atoms with Gasteiger partial charge in [-0.3, -0.25) is 4.68 Å². The zero-order valence-corrected chi connectivity index (χ0v) is 12.4. The highest BCUT2D eigenvalue weighted by atomic mass is 32.2. The van der Waals surface area contributed by atoms with E-state index in [-0.39, 0.29) is 18.0 Å². The van der Waals surface area contributed by atoms with E-state index in [2.05, 4.69) is 9.82 Å². The maximum atomic E-state index is 13.3. The summed E-state index contributed by atoms with van der Waals surface area (Å²) in [7, 11) is -2.01. The van der Waals surface area contributed by atoms with Crippen molar-refractivity contribution in [3.8, 4) is 0 Å². The predicted octanol–water partition coefficient (Wildman–Crippen LogP) is 0.539. The molecule has 2 rings (SSSR count). The van der Waals surface area contributed by atoms with Crippen molar-refractivity contribution in [2.45, 2.75) is 17.9 Å². The number of nitrogens with zero attached hydrogens (tertiary/aromatic N) is 2. The van der Waals surface area contributed by atoms with Crippen LogP contribution in [-0.2, 0) is 30.0 Å². The Bertz CT molecular complexity index is 728. The third kappa shape index (κ3) is 3.66. The van der Waals surface area contributed by atoms with E-state index in [1.165, 1.54) is 12.1 Å². The number of nitrogens with one attached hydrogen (secondary N) is 1. The Morgan fingerprint density at radius 3 is 2.76 bits per heavy atom. The molecule has 0 radical (unpaired) electrons. The summed E-state index contributed by atoms with van der Waals surface area (Å²) in [4.78, 5) is -0.116. The summed E-state index contributed by atoms with van der Waals surface area (Å²) in [6.45, 7) is 0.223. The Labute approximate surface area is 122 Å². The molecule has 2 aromatic rings. The van der Waals surface area contributed by atoms with Gasteiger partial charge in [0, 0.05) is 38.4 Å². The van der Waals surface area contributed by atoms with Crippen molar-refractivity contribution < 1.29 is 12.8 Å². The fraction of sp³-hybridized carbons (Fsp3) is 0.308. The average Bonchev–Trinajstić information content (AvgIpc) is 2.84. The van der Waals surface area contributed by atoms with Crippen LogP contribution in [0.3, 0.4) is 0 Å². The number of sulfonamides is 1. The van der Waals surface area contributed by atoms with Gasteiger partial charge in [0.2, 0.25) is 10.0 Å². The number of hydrogen-bond acceptors (Lipinski definition) is 4. The molecule has 3 N–H and O–H groups in total. The zero-order chi connectivity index (χ0) is 15.5. The number of halogens is 1. The summed E-state index contributed by atoms with van der Waals surface area (Å²) >= 11 is 0. The van der Waals surface area contributed by atoms with E-state index in [9.17, 15) is 12.8 Å². The Kier molecular flexibility index (Phi) is 4.71. The second-order valence-corrected chi connectivity index (χ2v) is 6.29. The number of nitrogens with two attached hydrogens (primary N) is 1. The van der Waals surface area contributed by atoms with E-state index in [1.54, 1.807) is 17.9 Å². The number of benzene rings is 1. The summed E-state index contributed by atoms with van der Waals surface area (Å²) in [5.41, 5.74) is 6.77. The zero-order valence-electron chi connectivity index (χ0n) is 11.6. The molecule has 0 saturated carbocycles. The summed E-state index contributed by atoms with van der Waals surface area (Å²) in [6, 6.07) is 5.36. The quantitative estimate of drug-likeness (QED) is 0.814. The summed E-state index contributed by atoms with van der Waals surface area (Å²) in [5.74, 6) is -0.612. The van der Waals surface area contributed by atoms with Crippen molar-refractivity contribution >= 4 is 10.0 Å². The molecule has 0 aliphatic carbocycles. The Morgan fingerprint density at radius 2 is 2.14 bits per heavy atom. The first-order chi connectivity index (χ1) is 9.94.